The van der Waals surface area contributed by atoms with Crippen LogP contribution in [0.1, 0.15) is 37.5 Å². The summed E-state index contributed by atoms with van der Waals surface area (Å²) in [6, 6.07) is 11.8. The van der Waals surface area contributed by atoms with Crippen molar-refractivity contribution in [1.29, 1.82) is 0 Å². The van der Waals surface area contributed by atoms with Crippen LogP contribution in [0.3, 0.4) is 0 Å². The van der Waals surface area contributed by atoms with Gasteiger partial charge in [-0.1, -0.05) is 56.1 Å². The second-order valence-corrected chi connectivity index (χ2v) is 6.88. The van der Waals surface area contributed by atoms with Gasteiger partial charge < -0.3 is 4.74 Å². The summed E-state index contributed by atoms with van der Waals surface area (Å²) in [5.41, 5.74) is 3.21. The highest BCUT2D eigenvalue weighted by Crippen LogP contribution is 2.37. The first-order chi connectivity index (χ1) is 9.82. The summed E-state index contributed by atoms with van der Waals surface area (Å²) in [5.74, 6) is 1.89. The molecule has 0 bridgehead atoms. The van der Waals surface area contributed by atoms with Crippen LogP contribution in [0.25, 0.3) is 0 Å². The normalized spacial score (nSPS) is 11.5. The van der Waals surface area contributed by atoms with Crippen LogP contribution in [0.15, 0.2) is 36.4 Å². The van der Waals surface area contributed by atoms with Gasteiger partial charge in [-0.2, -0.15) is 0 Å². The highest BCUT2D eigenvalue weighted by Gasteiger charge is 2.20. The number of halogens is 2. The van der Waals surface area contributed by atoms with E-state index in [0.29, 0.717) is 16.7 Å². The van der Waals surface area contributed by atoms with Gasteiger partial charge in [0.2, 0.25) is 0 Å². The topological polar surface area (TPSA) is 9.23 Å². The van der Waals surface area contributed by atoms with Crippen LogP contribution in [-0.4, -0.2) is 0 Å². The fourth-order valence-electron chi connectivity index (χ4n) is 2.20. The standard InChI is InChI=1S/C18H20Cl2O/c1-12-8-9-17(14(10-12)18(2,3)4)21-16-7-5-6-15(20)13(16)11-19/h5-10H,11H2,1-4H3. The molecule has 0 aliphatic carbocycles. The maximum absolute atomic E-state index is 6.19. The third kappa shape index (κ3) is 3.72. The molecule has 2 aromatic carbocycles. The highest BCUT2D eigenvalue weighted by atomic mass is 35.5. The number of aryl methyl sites for hydroxylation is 1. The molecule has 0 radical (unpaired) electrons. The van der Waals surface area contributed by atoms with Gasteiger partial charge in [-0.15, -0.1) is 11.6 Å². The van der Waals surface area contributed by atoms with Crippen molar-refractivity contribution in [2.45, 2.75) is 39.0 Å². The minimum atomic E-state index is 0.00105. The predicted molar refractivity (Wildman–Crippen MR) is 91.0 cm³/mol. The summed E-state index contributed by atoms with van der Waals surface area (Å²) >= 11 is 12.2. The summed E-state index contributed by atoms with van der Waals surface area (Å²) < 4.78 is 6.12. The van der Waals surface area contributed by atoms with Crippen molar-refractivity contribution >= 4 is 23.2 Å². The molecule has 0 amide bonds. The Morgan fingerprint density at radius 1 is 1.05 bits per heavy atom. The number of ether oxygens (including phenoxy) is 1. The van der Waals surface area contributed by atoms with E-state index in [1.165, 1.54) is 11.1 Å². The number of hydrogen-bond donors (Lipinski definition) is 0. The van der Waals surface area contributed by atoms with Gasteiger partial charge in [0.25, 0.3) is 0 Å². The lowest BCUT2D eigenvalue weighted by atomic mass is 9.85. The smallest absolute Gasteiger partial charge is 0.133 e. The van der Waals surface area contributed by atoms with Gasteiger partial charge in [-0.25, -0.2) is 0 Å². The molecule has 1 nitrogen and oxygen atoms in total. The maximum Gasteiger partial charge on any atom is 0.133 e. The van der Waals surface area contributed by atoms with Crippen LogP contribution >= 0.6 is 23.2 Å². The van der Waals surface area contributed by atoms with Gasteiger partial charge in [0.15, 0.2) is 0 Å². The molecule has 0 aliphatic heterocycles. The monoisotopic (exact) mass is 322 g/mol. The maximum atomic E-state index is 6.19. The summed E-state index contributed by atoms with van der Waals surface area (Å²) in [6.45, 7) is 8.61. The third-order valence-electron chi connectivity index (χ3n) is 3.37. The first-order valence-corrected chi connectivity index (χ1v) is 7.86. The molecule has 0 fully saturated rings. The zero-order chi connectivity index (χ0) is 15.6. The van der Waals surface area contributed by atoms with Crippen LogP contribution in [0.5, 0.6) is 11.5 Å². The summed E-state index contributed by atoms with van der Waals surface area (Å²) in [5, 5.41) is 0.631. The highest BCUT2D eigenvalue weighted by molar-refractivity contribution is 6.32. The summed E-state index contributed by atoms with van der Waals surface area (Å²) in [4.78, 5) is 0. The number of rotatable bonds is 3. The van der Waals surface area contributed by atoms with Crippen molar-refractivity contribution in [2.24, 2.45) is 0 Å². The van der Waals surface area contributed by atoms with Crippen LogP contribution in [0, 0.1) is 6.92 Å². The molecule has 0 spiro atoms. The average Bonchev–Trinajstić information content (AvgIpc) is 2.40. The van der Waals surface area contributed by atoms with E-state index in [0.717, 1.165) is 11.3 Å². The zero-order valence-electron chi connectivity index (χ0n) is 12.8. The average molecular weight is 323 g/mol. The quantitative estimate of drug-likeness (QED) is 0.588. The molecular formula is C18H20Cl2O. The summed E-state index contributed by atoms with van der Waals surface area (Å²) in [7, 11) is 0. The zero-order valence-corrected chi connectivity index (χ0v) is 14.3. The minimum absolute atomic E-state index is 0.00105. The molecule has 2 rings (SSSR count). The van der Waals surface area contributed by atoms with Gasteiger partial charge in [0, 0.05) is 16.1 Å². The van der Waals surface area contributed by atoms with E-state index in [1.807, 2.05) is 24.3 Å². The number of hydrogen-bond acceptors (Lipinski definition) is 1. The van der Waals surface area contributed by atoms with E-state index in [2.05, 4.69) is 39.8 Å². The van der Waals surface area contributed by atoms with Gasteiger partial charge in [0.05, 0.1) is 5.88 Å². The van der Waals surface area contributed by atoms with Crippen LogP contribution < -0.4 is 4.74 Å². The molecule has 112 valence electrons. The van der Waals surface area contributed by atoms with Gasteiger partial charge in [-0.3, -0.25) is 0 Å². The minimum Gasteiger partial charge on any atom is -0.457 e. The second-order valence-electron chi connectivity index (χ2n) is 6.20. The molecule has 0 atom stereocenters. The van der Waals surface area contributed by atoms with E-state index in [4.69, 9.17) is 27.9 Å². The molecule has 0 aliphatic rings. The van der Waals surface area contributed by atoms with Crippen molar-refractivity contribution in [3.8, 4) is 11.5 Å². The van der Waals surface area contributed by atoms with E-state index in [1.54, 1.807) is 0 Å². The van der Waals surface area contributed by atoms with Crippen LogP contribution in [-0.2, 0) is 11.3 Å². The molecule has 0 unspecified atom stereocenters. The predicted octanol–water partition coefficient (Wildman–Crippen LogP) is 6.48. The van der Waals surface area contributed by atoms with Crippen LogP contribution in [0.4, 0.5) is 0 Å². The number of alkyl halides is 1. The number of benzene rings is 2. The molecule has 21 heavy (non-hydrogen) atoms. The molecule has 0 saturated carbocycles. The van der Waals surface area contributed by atoms with Crippen molar-refractivity contribution < 1.29 is 4.74 Å². The summed E-state index contributed by atoms with van der Waals surface area (Å²) in [6.07, 6.45) is 0. The third-order valence-corrected chi connectivity index (χ3v) is 3.99. The molecule has 2 aromatic rings. The van der Waals surface area contributed by atoms with Crippen LogP contribution in [0.2, 0.25) is 5.02 Å². The van der Waals surface area contributed by atoms with Crippen molar-refractivity contribution in [3.63, 3.8) is 0 Å². The molecule has 0 heterocycles. The molecule has 3 heteroatoms. The first-order valence-electron chi connectivity index (χ1n) is 6.95. The van der Waals surface area contributed by atoms with Gasteiger partial charge in [0.1, 0.15) is 11.5 Å². The van der Waals surface area contributed by atoms with E-state index in [9.17, 15) is 0 Å². The Morgan fingerprint density at radius 2 is 1.76 bits per heavy atom. The fourth-order valence-corrected chi connectivity index (χ4v) is 2.78. The van der Waals surface area contributed by atoms with Crippen molar-refractivity contribution in [1.82, 2.24) is 0 Å². The Balaban J connectivity index is 2.48. The largest absolute Gasteiger partial charge is 0.457 e. The van der Waals surface area contributed by atoms with Gasteiger partial charge in [-0.05, 0) is 30.5 Å². The van der Waals surface area contributed by atoms with Crippen molar-refractivity contribution in [2.75, 3.05) is 0 Å². The Kier molecular flexibility index (Phi) is 4.85. The van der Waals surface area contributed by atoms with Gasteiger partial charge >= 0.3 is 0 Å². The lowest BCUT2D eigenvalue weighted by Gasteiger charge is -2.24. The Labute approximate surface area is 136 Å². The van der Waals surface area contributed by atoms with E-state index >= 15 is 0 Å². The fraction of sp³-hybridized carbons (Fsp3) is 0.333. The Hall–Kier alpha value is -1.18. The molecular weight excluding hydrogens is 303 g/mol. The Morgan fingerprint density at radius 3 is 2.38 bits per heavy atom. The lowest BCUT2D eigenvalue weighted by Crippen LogP contribution is -2.13. The molecule has 0 aromatic heterocycles. The lowest BCUT2D eigenvalue weighted by molar-refractivity contribution is 0.452. The Bertz CT molecular complexity index is 642. The van der Waals surface area contributed by atoms with E-state index < -0.39 is 0 Å². The second kappa shape index (κ2) is 6.29. The SMILES string of the molecule is Cc1ccc(Oc2cccc(Cl)c2CCl)c(C(C)(C)C)c1. The molecule has 0 N–H and O–H groups in total. The van der Waals surface area contributed by atoms with Crippen molar-refractivity contribution in [3.05, 3.63) is 58.1 Å². The molecule has 0 saturated heterocycles. The van der Waals surface area contributed by atoms with E-state index in [-0.39, 0.29) is 5.41 Å². The first kappa shape index (κ1) is 16.2.